The third kappa shape index (κ3) is 3.57. The van der Waals surface area contributed by atoms with E-state index in [-0.39, 0.29) is 11.3 Å². The smallest absolute Gasteiger partial charge is 0.252 e. The van der Waals surface area contributed by atoms with Crippen LogP contribution in [0.25, 0.3) is 0 Å². The lowest BCUT2D eigenvalue weighted by atomic mass is 9.72. The maximum atomic E-state index is 12.4. The topological polar surface area (TPSA) is 71.2 Å². The van der Waals surface area contributed by atoms with Gasteiger partial charge in [0.2, 0.25) is 0 Å². The molecule has 3 rings (SSSR count). The van der Waals surface area contributed by atoms with Crippen molar-refractivity contribution in [3.8, 4) is 0 Å². The Morgan fingerprint density at radius 3 is 2.54 bits per heavy atom. The highest BCUT2D eigenvalue weighted by atomic mass is 16.1. The van der Waals surface area contributed by atoms with E-state index in [2.05, 4.69) is 46.5 Å². The van der Waals surface area contributed by atoms with Gasteiger partial charge in [-0.2, -0.15) is 0 Å². The molecular formula is C19H24N4O. The lowest BCUT2D eigenvalue weighted by Crippen LogP contribution is -2.48. The molecule has 0 atom stereocenters. The van der Waals surface area contributed by atoms with Crippen molar-refractivity contribution < 1.29 is 4.79 Å². The third-order valence-electron chi connectivity index (χ3n) is 4.97. The van der Waals surface area contributed by atoms with E-state index in [1.807, 2.05) is 6.07 Å². The van der Waals surface area contributed by atoms with Crippen LogP contribution in [0.3, 0.4) is 0 Å². The number of hydrogen-bond acceptors (Lipinski definition) is 4. The van der Waals surface area contributed by atoms with Gasteiger partial charge in [0.1, 0.15) is 5.82 Å². The van der Waals surface area contributed by atoms with E-state index in [0.717, 1.165) is 25.9 Å². The lowest BCUT2D eigenvalue weighted by molar-refractivity contribution is 0.0927. The fourth-order valence-corrected chi connectivity index (χ4v) is 3.30. The van der Waals surface area contributed by atoms with E-state index in [1.165, 1.54) is 11.8 Å². The van der Waals surface area contributed by atoms with Crippen molar-refractivity contribution >= 4 is 11.7 Å². The van der Waals surface area contributed by atoms with Gasteiger partial charge in [0.15, 0.2) is 0 Å². The van der Waals surface area contributed by atoms with Crippen LogP contribution in [0.15, 0.2) is 48.7 Å². The van der Waals surface area contributed by atoms with Crippen molar-refractivity contribution in [2.24, 2.45) is 0 Å². The number of carbonyl (C=O) groups is 1. The zero-order chi connectivity index (χ0) is 17.0. The number of carbonyl (C=O) groups excluding carboxylic acids is 1. The summed E-state index contributed by atoms with van der Waals surface area (Å²) in [6, 6.07) is 13.9. The van der Waals surface area contributed by atoms with Crippen molar-refractivity contribution in [2.45, 2.75) is 18.3 Å². The van der Waals surface area contributed by atoms with Gasteiger partial charge >= 0.3 is 0 Å². The van der Waals surface area contributed by atoms with Gasteiger partial charge in [0, 0.05) is 18.2 Å². The average molecular weight is 324 g/mol. The number of rotatable bonds is 4. The molecule has 0 saturated carbocycles. The zero-order valence-corrected chi connectivity index (χ0v) is 14.0. The molecule has 0 bridgehead atoms. The van der Waals surface area contributed by atoms with Crippen LogP contribution < -0.4 is 11.1 Å². The number of benzene rings is 1. The SMILES string of the molecule is CN1CCC(CNC(=O)c2ccc(N)nc2)(c2ccccc2)CC1. The Morgan fingerprint density at radius 1 is 1.21 bits per heavy atom. The highest BCUT2D eigenvalue weighted by Gasteiger charge is 2.35. The molecule has 1 aromatic carbocycles. The Hall–Kier alpha value is -2.40. The van der Waals surface area contributed by atoms with E-state index in [4.69, 9.17) is 5.73 Å². The number of aromatic nitrogens is 1. The standard InChI is InChI=1S/C19H24N4O/c1-23-11-9-19(10-12-23,16-5-3-2-4-6-16)14-22-18(24)15-7-8-17(20)21-13-15/h2-8,13H,9-12,14H2,1H3,(H2,20,21)(H,22,24). The Kier molecular flexibility index (Phi) is 4.81. The Labute approximate surface area is 142 Å². The summed E-state index contributed by atoms with van der Waals surface area (Å²) in [5, 5.41) is 3.10. The van der Waals surface area contributed by atoms with Gasteiger partial charge in [0.05, 0.1) is 5.56 Å². The summed E-state index contributed by atoms with van der Waals surface area (Å²) in [6.45, 7) is 2.70. The second kappa shape index (κ2) is 7.01. The summed E-state index contributed by atoms with van der Waals surface area (Å²) in [5.41, 5.74) is 7.41. The number of pyridine rings is 1. The highest BCUT2D eigenvalue weighted by molar-refractivity contribution is 5.94. The van der Waals surface area contributed by atoms with Crippen LogP contribution in [-0.4, -0.2) is 42.5 Å². The molecule has 126 valence electrons. The number of nitrogen functional groups attached to an aromatic ring is 1. The Balaban J connectivity index is 1.75. The van der Waals surface area contributed by atoms with Crippen LogP contribution in [-0.2, 0) is 5.41 Å². The normalized spacial score (nSPS) is 17.4. The van der Waals surface area contributed by atoms with Crippen molar-refractivity contribution in [3.63, 3.8) is 0 Å². The number of hydrogen-bond donors (Lipinski definition) is 2. The fraction of sp³-hybridized carbons (Fsp3) is 0.368. The van der Waals surface area contributed by atoms with Crippen molar-refractivity contribution in [2.75, 3.05) is 32.4 Å². The monoisotopic (exact) mass is 324 g/mol. The molecule has 2 aromatic rings. The van der Waals surface area contributed by atoms with E-state index in [0.29, 0.717) is 17.9 Å². The molecular weight excluding hydrogens is 300 g/mol. The number of likely N-dealkylation sites (tertiary alicyclic amines) is 1. The molecule has 1 aliphatic heterocycles. The number of nitrogens with two attached hydrogens (primary N) is 1. The molecule has 5 nitrogen and oxygen atoms in total. The molecule has 1 amide bonds. The van der Waals surface area contributed by atoms with Crippen LogP contribution in [0.4, 0.5) is 5.82 Å². The van der Waals surface area contributed by atoms with Gasteiger partial charge in [-0.15, -0.1) is 0 Å². The minimum atomic E-state index is -0.100. The molecule has 1 aromatic heterocycles. The first kappa shape index (κ1) is 16.5. The predicted octanol–water partition coefficient (Wildman–Crippen LogP) is 2.06. The molecule has 5 heteroatoms. The van der Waals surface area contributed by atoms with Crippen LogP contribution in [0.5, 0.6) is 0 Å². The fourth-order valence-electron chi connectivity index (χ4n) is 3.30. The zero-order valence-electron chi connectivity index (χ0n) is 14.0. The van der Waals surface area contributed by atoms with Gasteiger partial charge in [-0.25, -0.2) is 4.98 Å². The van der Waals surface area contributed by atoms with Gasteiger partial charge in [-0.05, 0) is 50.7 Å². The van der Waals surface area contributed by atoms with Gasteiger partial charge < -0.3 is 16.0 Å². The van der Waals surface area contributed by atoms with Crippen LogP contribution in [0.1, 0.15) is 28.8 Å². The summed E-state index contributed by atoms with van der Waals surface area (Å²) >= 11 is 0. The summed E-state index contributed by atoms with van der Waals surface area (Å²) < 4.78 is 0. The molecule has 0 spiro atoms. The van der Waals surface area contributed by atoms with E-state index in [9.17, 15) is 4.79 Å². The van der Waals surface area contributed by atoms with Crippen molar-refractivity contribution in [1.29, 1.82) is 0 Å². The molecule has 0 unspecified atom stereocenters. The quantitative estimate of drug-likeness (QED) is 0.903. The summed E-state index contributed by atoms with van der Waals surface area (Å²) in [5.74, 6) is 0.319. The minimum absolute atomic E-state index is 0.00926. The number of piperidine rings is 1. The molecule has 1 saturated heterocycles. The first-order chi connectivity index (χ1) is 11.6. The van der Waals surface area contributed by atoms with Gasteiger partial charge in [0.25, 0.3) is 5.91 Å². The molecule has 2 heterocycles. The molecule has 1 fully saturated rings. The predicted molar refractivity (Wildman–Crippen MR) is 95.8 cm³/mol. The summed E-state index contributed by atoms with van der Waals surface area (Å²) in [7, 11) is 2.15. The summed E-state index contributed by atoms with van der Waals surface area (Å²) in [4.78, 5) is 18.8. The average Bonchev–Trinajstić information content (AvgIpc) is 2.63. The second-order valence-electron chi connectivity index (χ2n) is 6.60. The number of amides is 1. The molecule has 0 aliphatic carbocycles. The molecule has 1 aliphatic rings. The minimum Gasteiger partial charge on any atom is -0.384 e. The van der Waals surface area contributed by atoms with E-state index < -0.39 is 0 Å². The Bertz CT molecular complexity index is 676. The van der Waals surface area contributed by atoms with Crippen molar-refractivity contribution in [3.05, 3.63) is 59.8 Å². The third-order valence-corrected chi connectivity index (χ3v) is 4.97. The number of nitrogens with one attached hydrogen (secondary N) is 1. The summed E-state index contributed by atoms with van der Waals surface area (Å²) in [6.07, 6.45) is 3.59. The van der Waals surface area contributed by atoms with E-state index in [1.54, 1.807) is 12.1 Å². The first-order valence-corrected chi connectivity index (χ1v) is 8.33. The van der Waals surface area contributed by atoms with Crippen LogP contribution >= 0.6 is 0 Å². The highest BCUT2D eigenvalue weighted by Crippen LogP contribution is 2.34. The second-order valence-corrected chi connectivity index (χ2v) is 6.60. The van der Waals surface area contributed by atoms with Crippen molar-refractivity contribution in [1.82, 2.24) is 15.2 Å². The lowest BCUT2D eigenvalue weighted by Gasteiger charge is -2.41. The largest absolute Gasteiger partial charge is 0.384 e. The molecule has 3 N–H and O–H groups in total. The van der Waals surface area contributed by atoms with Crippen LogP contribution in [0, 0.1) is 0 Å². The first-order valence-electron chi connectivity index (χ1n) is 8.33. The maximum absolute atomic E-state index is 12.4. The Morgan fingerprint density at radius 2 is 1.92 bits per heavy atom. The number of nitrogens with zero attached hydrogens (tertiary/aromatic N) is 2. The molecule has 0 radical (unpaired) electrons. The number of anilines is 1. The maximum Gasteiger partial charge on any atom is 0.252 e. The van der Waals surface area contributed by atoms with E-state index >= 15 is 0 Å². The molecule has 24 heavy (non-hydrogen) atoms. The van der Waals surface area contributed by atoms with Gasteiger partial charge in [-0.1, -0.05) is 30.3 Å². The van der Waals surface area contributed by atoms with Gasteiger partial charge in [-0.3, -0.25) is 4.79 Å². The van der Waals surface area contributed by atoms with Crippen LogP contribution in [0.2, 0.25) is 0 Å².